The SMILES string of the molecule is C=C(CC)CC(NN)c1ccc(Cl)cc1OC. The molecular formula is C13H19ClN2O. The first kappa shape index (κ1) is 14.0. The van der Waals surface area contributed by atoms with Gasteiger partial charge in [-0.25, -0.2) is 0 Å². The van der Waals surface area contributed by atoms with Gasteiger partial charge in [0.2, 0.25) is 0 Å². The summed E-state index contributed by atoms with van der Waals surface area (Å²) < 4.78 is 5.31. The molecule has 0 aliphatic carbocycles. The van der Waals surface area contributed by atoms with Crippen molar-refractivity contribution in [3.05, 3.63) is 40.9 Å². The summed E-state index contributed by atoms with van der Waals surface area (Å²) >= 11 is 5.93. The summed E-state index contributed by atoms with van der Waals surface area (Å²) in [4.78, 5) is 0. The summed E-state index contributed by atoms with van der Waals surface area (Å²) in [6.07, 6.45) is 1.72. The fourth-order valence-corrected chi connectivity index (χ4v) is 1.83. The van der Waals surface area contributed by atoms with Crippen molar-refractivity contribution < 1.29 is 4.74 Å². The Morgan fingerprint density at radius 2 is 2.29 bits per heavy atom. The molecule has 0 saturated carbocycles. The first-order valence-corrected chi connectivity index (χ1v) is 5.96. The number of methoxy groups -OCH3 is 1. The molecule has 0 aromatic heterocycles. The molecule has 0 heterocycles. The second-order valence-electron chi connectivity index (χ2n) is 3.91. The van der Waals surface area contributed by atoms with Crippen LogP contribution in [0.4, 0.5) is 0 Å². The zero-order valence-electron chi connectivity index (χ0n) is 10.3. The number of benzene rings is 1. The fourth-order valence-electron chi connectivity index (χ4n) is 1.66. The van der Waals surface area contributed by atoms with Gasteiger partial charge in [-0.2, -0.15) is 0 Å². The highest BCUT2D eigenvalue weighted by atomic mass is 35.5. The lowest BCUT2D eigenvalue weighted by Gasteiger charge is -2.20. The molecule has 0 amide bonds. The van der Waals surface area contributed by atoms with Gasteiger partial charge in [0.25, 0.3) is 0 Å². The number of halogens is 1. The molecule has 94 valence electrons. The van der Waals surface area contributed by atoms with Gasteiger partial charge in [-0.1, -0.05) is 36.7 Å². The van der Waals surface area contributed by atoms with Crippen molar-refractivity contribution in [2.45, 2.75) is 25.8 Å². The van der Waals surface area contributed by atoms with Gasteiger partial charge in [-0.05, 0) is 25.0 Å². The summed E-state index contributed by atoms with van der Waals surface area (Å²) in [5.74, 6) is 6.33. The van der Waals surface area contributed by atoms with E-state index in [1.54, 1.807) is 13.2 Å². The van der Waals surface area contributed by atoms with E-state index in [1.807, 2.05) is 12.1 Å². The van der Waals surface area contributed by atoms with Crippen LogP contribution >= 0.6 is 11.6 Å². The van der Waals surface area contributed by atoms with Crippen LogP contribution in [0, 0.1) is 0 Å². The van der Waals surface area contributed by atoms with Gasteiger partial charge in [0.1, 0.15) is 5.75 Å². The molecule has 0 fully saturated rings. The molecule has 0 aliphatic heterocycles. The monoisotopic (exact) mass is 254 g/mol. The third-order valence-corrected chi connectivity index (χ3v) is 3.00. The van der Waals surface area contributed by atoms with E-state index in [4.69, 9.17) is 22.2 Å². The number of nitrogens with two attached hydrogens (primary N) is 1. The average Bonchev–Trinajstić information content (AvgIpc) is 2.35. The quantitative estimate of drug-likeness (QED) is 0.466. The molecule has 0 bridgehead atoms. The summed E-state index contributed by atoms with van der Waals surface area (Å²) in [7, 11) is 1.62. The predicted molar refractivity (Wildman–Crippen MR) is 72.1 cm³/mol. The topological polar surface area (TPSA) is 47.3 Å². The second kappa shape index (κ2) is 6.64. The number of hydrogen-bond acceptors (Lipinski definition) is 3. The summed E-state index contributed by atoms with van der Waals surface area (Å²) in [5.41, 5.74) is 4.93. The van der Waals surface area contributed by atoms with E-state index in [2.05, 4.69) is 18.9 Å². The number of rotatable bonds is 6. The molecule has 3 N–H and O–H groups in total. The van der Waals surface area contributed by atoms with Gasteiger partial charge >= 0.3 is 0 Å². The van der Waals surface area contributed by atoms with Crippen LogP contribution in [0.25, 0.3) is 0 Å². The van der Waals surface area contributed by atoms with E-state index in [0.29, 0.717) is 5.02 Å². The zero-order valence-corrected chi connectivity index (χ0v) is 11.1. The Morgan fingerprint density at radius 3 is 2.82 bits per heavy atom. The van der Waals surface area contributed by atoms with Crippen molar-refractivity contribution in [2.75, 3.05) is 7.11 Å². The fraction of sp³-hybridized carbons (Fsp3) is 0.385. The molecule has 1 atom stereocenters. The van der Waals surface area contributed by atoms with Crippen LogP contribution in [-0.4, -0.2) is 7.11 Å². The van der Waals surface area contributed by atoms with Gasteiger partial charge in [-0.3, -0.25) is 11.3 Å². The molecule has 0 aliphatic rings. The molecule has 17 heavy (non-hydrogen) atoms. The van der Waals surface area contributed by atoms with Gasteiger partial charge < -0.3 is 4.74 Å². The highest BCUT2D eigenvalue weighted by Crippen LogP contribution is 2.31. The lowest BCUT2D eigenvalue weighted by atomic mass is 9.98. The minimum atomic E-state index is -0.00494. The third-order valence-electron chi connectivity index (χ3n) is 2.76. The van der Waals surface area contributed by atoms with E-state index >= 15 is 0 Å². The molecule has 1 aromatic rings. The van der Waals surface area contributed by atoms with Crippen molar-refractivity contribution in [3.63, 3.8) is 0 Å². The Balaban J connectivity index is 2.98. The summed E-state index contributed by atoms with van der Waals surface area (Å²) in [6.45, 7) is 6.08. The van der Waals surface area contributed by atoms with Gasteiger partial charge in [0.05, 0.1) is 13.2 Å². The smallest absolute Gasteiger partial charge is 0.125 e. The molecule has 0 saturated heterocycles. The Morgan fingerprint density at radius 1 is 1.59 bits per heavy atom. The van der Waals surface area contributed by atoms with Crippen LogP contribution in [0.15, 0.2) is 30.4 Å². The van der Waals surface area contributed by atoms with E-state index < -0.39 is 0 Å². The molecule has 4 heteroatoms. The van der Waals surface area contributed by atoms with Crippen molar-refractivity contribution in [1.29, 1.82) is 0 Å². The summed E-state index contributed by atoms with van der Waals surface area (Å²) in [6, 6.07) is 5.54. The Labute approximate surface area is 108 Å². The lowest BCUT2D eigenvalue weighted by Crippen LogP contribution is -2.28. The number of hydrazine groups is 1. The molecular weight excluding hydrogens is 236 g/mol. The first-order chi connectivity index (χ1) is 8.12. The minimum Gasteiger partial charge on any atom is -0.496 e. The summed E-state index contributed by atoms with van der Waals surface area (Å²) in [5, 5.41) is 0.649. The maximum atomic E-state index is 5.93. The predicted octanol–water partition coefficient (Wildman–Crippen LogP) is 3.21. The Hall–Kier alpha value is -1.03. The van der Waals surface area contributed by atoms with Crippen molar-refractivity contribution >= 4 is 11.6 Å². The molecule has 1 rings (SSSR count). The third kappa shape index (κ3) is 3.73. The molecule has 1 aromatic carbocycles. The van der Waals surface area contributed by atoms with E-state index in [0.717, 1.165) is 29.7 Å². The molecule has 0 radical (unpaired) electrons. The molecule has 0 spiro atoms. The van der Waals surface area contributed by atoms with Crippen LogP contribution in [0.2, 0.25) is 5.02 Å². The van der Waals surface area contributed by atoms with Crippen LogP contribution in [0.1, 0.15) is 31.4 Å². The number of hydrogen-bond donors (Lipinski definition) is 2. The Bertz CT molecular complexity index is 393. The largest absolute Gasteiger partial charge is 0.496 e. The van der Waals surface area contributed by atoms with Crippen LogP contribution < -0.4 is 16.0 Å². The number of nitrogens with one attached hydrogen (secondary N) is 1. The van der Waals surface area contributed by atoms with E-state index in [9.17, 15) is 0 Å². The van der Waals surface area contributed by atoms with Crippen LogP contribution in [0.3, 0.4) is 0 Å². The number of ether oxygens (including phenoxy) is 1. The lowest BCUT2D eigenvalue weighted by molar-refractivity contribution is 0.398. The first-order valence-electron chi connectivity index (χ1n) is 5.58. The van der Waals surface area contributed by atoms with Crippen LogP contribution in [-0.2, 0) is 0 Å². The highest BCUT2D eigenvalue weighted by Gasteiger charge is 2.15. The van der Waals surface area contributed by atoms with Gasteiger partial charge in [0, 0.05) is 10.6 Å². The minimum absolute atomic E-state index is 0.00494. The van der Waals surface area contributed by atoms with Crippen molar-refractivity contribution in [3.8, 4) is 5.75 Å². The average molecular weight is 255 g/mol. The zero-order chi connectivity index (χ0) is 12.8. The van der Waals surface area contributed by atoms with Crippen molar-refractivity contribution in [1.82, 2.24) is 5.43 Å². The Kier molecular flexibility index (Phi) is 5.48. The maximum absolute atomic E-state index is 5.93. The second-order valence-corrected chi connectivity index (χ2v) is 4.35. The maximum Gasteiger partial charge on any atom is 0.125 e. The molecule has 1 unspecified atom stereocenters. The van der Waals surface area contributed by atoms with Gasteiger partial charge in [-0.15, -0.1) is 0 Å². The van der Waals surface area contributed by atoms with Crippen LogP contribution in [0.5, 0.6) is 5.75 Å². The standard InChI is InChI=1S/C13H19ClN2O/c1-4-9(2)7-12(16-15)11-6-5-10(14)8-13(11)17-3/h5-6,8,12,16H,2,4,7,15H2,1,3H3. The van der Waals surface area contributed by atoms with E-state index in [-0.39, 0.29) is 6.04 Å². The molecule has 3 nitrogen and oxygen atoms in total. The van der Waals surface area contributed by atoms with E-state index in [1.165, 1.54) is 0 Å². The normalized spacial score (nSPS) is 12.2. The van der Waals surface area contributed by atoms with Crippen molar-refractivity contribution in [2.24, 2.45) is 5.84 Å². The highest BCUT2D eigenvalue weighted by molar-refractivity contribution is 6.30. The van der Waals surface area contributed by atoms with Gasteiger partial charge in [0.15, 0.2) is 0 Å².